The summed E-state index contributed by atoms with van der Waals surface area (Å²) in [6.45, 7) is 0. The van der Waals surface area contributed by atoms with Crippen molar-refractivity contribution < 1.29 is 23.8 Å². The highest BCUT2D eigenvalue weighted by atomic mass is 19.1. The first-order valence-electron chi connectivity index (χ1n) is 5.13. The Morgan fingerprint density at radius 2 is 1.84 bits per heavy atom. The number of amides is 1. The second kappa shape index (κ2) is 4.89. The number of rotatable bonds is 2. The van der Waals surface area contributed by atoms with Crippen LogP contribution in [0.25, 0.3) is 0 Å². The molecular formula is C12H8F2N2O3. The fourth-order valence-electron chi connectivity index (χ4n) is 1.36. The summed E-state index contributed by atoms with van der Waals surface area (Å²) in [5, 5.41) is 20.5. The molecule has 0 radical (unpaired) electrons. The molecule has 0 unspecified atom stereocenters. The summed E-state index contributed by atoms with van der Waals surface area (Å²) in [4.78, 5) is 14.6. The fraction of sp³-hybridized carbons (Fsp3) is 0. The number of carbonyl (C=O) groups excluding carboxylic acids is 1. The average Bonchev–Trinajstić information content (AvgIpc) is 2.36. The molecule has 1 heterocycles. The van der Waals surface area contributed by atoms with Crippen molar-refractivity contribution in [1.29, 1.82) is 0 Å². The van der Waals surface area contributed by atoms with Gasteiger partial charge in [0, 0.05) is 5.56 Å². The Morgan fingerprint density at radius 1 is 1.11 bits per heavy atom. The summed E-state index contributed by atoms with van der Waals surface area (Å²) in [5.41, 5.74) is -0.294. The van der Waals surface area contributed by atoms with E-state index in [-0.39, 0.29) is 17.0 Å². The molecule has 0 bridgehead atoms. The van der Waals surface area contributed by atoms with Crippen LogP contribution in [0.4, 0.5) is 14.5 Å². The van der Waals surface area contributed by atoms with E-state index in [1.807, 2.05) is 0 Å². The van der Waals surface area contributed by atoms with E-state index < -0.39 is 23.6 Å². The minimum Gasteiger partial charge on any atom is -0.504 e. The minimum absolute atomic E-state index is 0.000903. The Kier molecular flexibility index (Phi) is 3.28. The van der Waals surface area contributed by atoms with Gasteiger partial charge in [-0.1, -0.05) is 0 Å². The number of aromatic nitrogens is 1. The minimum atomic E-state index is -1.16. The molecule has 0 aliphatic heterocycles. The number of phenols is 2. The average molecular weight is 266 g/mol. The van der Waals surface area contributed by atoms with Gasteiger partial charge in [-0.05, 0) is 30.3 Å². The number of nitrogens with zero attached hydrogens (tertiary/aromatic N) is 1. The van der Waals surface area contributed by atoms with Gasteiger partial charge in [-0.3, -0.25) is 4.79 Å². The van der Waals surface area contributed by atoms with Crippen LogP contribution in [0.3, 0.4) is 0 Å². The number of benzene rings is 1. The zero-order chi connectivity index (χ0) is 14.0. The Morgan fingerprint density at radius 3 is 2.47 bits per heavy atom. The first-order valence-corrected chi connectivity index (χ1v) is 5.13. The van der Waals surface area contributed by atoms with Gasteiger partial charge in [0.15, 0.2) is 11.5 Å². The van der Waals surface area contributed by atoms with Crippen molar-refractivity contribution in [1.82, 2.24) is 4.98 Å². The maximum atomic E-state index is 13.2. The third-order valence-corrected chi connectivity index (χ3v) is 2.30. The number of pyridine rings is 1. The molecule has 1 amide bonds. The number of hydrogen-bond donors (Lipinski definition) is 3. The molecule has 7 heteroatoms. The molecule has 5 nitrogen and oxygen atoms in total. The van der Waals surface area contributed by atoms with Gasteiger partial charge in [0.05, 0.1) is 5.69 Å². The smallest absolute Gasteiger partial charge is 0.255 e. The molecule has 2 rings (SSSR count). The summed E-state index contributed by atoms with van der Waals surface area (Å²) in [5.74, 6) is -3.76. The van der Waals surface area contributed by atoms with Gasteiger partial charge in [0.25, 0.3) is 5.91 Å². The third kappa shape index (κ3) is 2.76. The SMILES string of the molecule is O=C(Nc1ccc(F)nc1F)c1ccc(O)c(O)c1. The highest BCUT2D eigenvalue weighted by molar-refractivity contribution is 6.04. The number of anilines is 1. The van der Waals surface area contributed by atoms with Gasteiger partial charge in [0.2, 0.25) is 11.9 Å². The van der Waals surface area contributed by atoms with Gasteiger partial charge >= 0.3 is 0 Å². The molecule has 1 aromatic heterocycles. The second-order valence-corrected chi connectivity index (χ2v) is 3.63. The van der Waals surface area contributed by atoms with Crippen molar-refractivity contribution in [2.75, 3.05) is 5.32 Å². The largest absolute Gasteiger partial charge is 0.504 e. The van der Waals surface area contributed by atoms with Crippen LogP contribution in [-0.2, 0) is 0 Å². The van der Waals surface area contributed by atoms with E-state index in [4.69, 9.17) is 5.11 Å². The van der Waals surface area contributed by atoms with E-state index in [1.54, 1.807) is 0 Å². The summed E-state index contributed by atoms with van der Waals surface area (Å²) < 4.78 is 25.8. The quantitative estimate of drug-likeness (QED) is 0.573. The Labute approximate surface area is 106 Å². The zero-order valence-corrected chi connectivity index (χ0v) is 9.39. The van der Waals surface area contributed by atoms with Crippen LogP contribution >= 0.6 is 0 Å². The lowest BCUT2D eigenvalue weighted by Crippen LogP contribution is -2.13. The van der Waals surface area contributed by atoms with Crippen LogP contribution in [0.2, 0.25) is 0 Å². The van der Waals surface area contributed by atoms with E-state index in [0.29, 0.717) is 0 Å². The molecule has 0 fully saturated rings. The molecule has 1 aromatic carbocycles. The van der Waals surface area contributed by atoms with Crippen LogP contribution in [-0.4, -0.2) is 21.1 Å². The second-order valence-electron chi connectivity index (χ2n) is 3.63. The molecule has 0 aliphatic carbocycles. The Balaban J connectivity index is 2.23. The highest BCUT2D eigenvalue weighted by Crippen LogP contribution is 2.25. The number of phenolic OH excluding ortho intramolecular Hbond substituents is 2. The first kappa shape index (κ1) is 12.7. The van der Waals surface area contributed by atoms with E-state index in [2.05, 4.69) is 10.3 Å². The molecule has 19 heavy (non-hydrogen) atoms. The van der Waals surface area contributed by atoms with E-state index in [9.17, 15) is 18.7 Å². The summed E-state index contributed by atoms with van der Waals surface area (Å²) in [6.07, 6.45) is 0. The lowest BCUT2D eigenvalue weighted by atomic mass is 10.2. The van der Waals surface area contributed by atoms with Crippen molar-refractivity contribution in [3.05, 3.63) is 47.8 Å². The first-order chi connectivity index (χ1) is 8.97. The molecular weight excluding hydrogens is 258 g/mol. The van der Waals surface area contributed by atoms with Crippen LogP contribution in [0.5, 0.6) is 11.5 Å². The van der Waals surface area contributed by atoms with Gasteiger partial charge in [-0.15, -0.1) is 0 Å². The van der Waals surface area contributed by atoms with Crippen molar-refractivity contribution in [3.63, 3.8) is 0 Å². The third-order valence-electron chi connectivity index (χ3n) is 2.30. The summed E-state index contributed by atoms with van der Waals surface area (Å²) in [7, 11) is 0. The standard InChI is InChI=1S/C12H8F2N2O3/c13-10-4-2-7(11(14)16-10)15-12(19)6-1-3-8(17)9(18)5-6/h1-5,17-18H,(H,15,19). The fourth-order valence-corrected chi connectivity index (χ4v) is 1.36. The van der Waals surface area contributed by atoms with E-state index in [1.165, 1.54) is 6.07 Å². The van der Waals surface area contributed by atoms with Gasteiger partial charge in [-0.25, -0.2) is 0 Å². The Hall–Kier alpha value is -2.70. The zero-order valence-electron chi connectivity index (χ0n) is 9.39. The number of nitrogens with one attached hydrogen (secondary N) is 1. The molecule has 2 aromatic rings. The van der Waals surface area contributed by atoms with Crippen molar-refractivity contribution in [2.45, 2.75) is 0 Å². The van der Waals surface area contributed by atoms with E-state index in [0.717, 1.165) is 24.3 Å². The molecule has 3 N–H and O–H groups in total. The lowest BCUT2D eigenvalue weighted by Gasteiger charge is -2.06. The maximum absolute atomic E-state index is 13.2. The predicted molar refractivity (Wildman–Crippen MR) is 61.9 cm³/mol. The molecule has 0 saturated carbocycles. The van der Waals surface area contributed by atoms with Crippen molar-refractivity contribution >= 4 is 11.6 Å². The Bertz CT molecular complexity index is 647. The van der Waals surface area contributed by atoms with Crippen molar-refractivity contribution in [2.24, 2.45) is 0 Å². The topological polar surface area (TPSA) is 82.5 Å². The molecule has 0 atom stereocenters. The van der Waals surface area contributed by atoms with Gasteiger partial charge < -0.3 is 15.5 Å². The van der Waals surface area contributed by atoms with Crippen molar-refractivity contribution in [3.8, 4) is 11.5 Å². The molecule has 98 valence electrons. The lowest BCUT2D eigenvalue weighted by molar-refractivity contribution is 0.102. The van der Waals surface area contributed by atoms with Gasteiger partial charge in [0.1, 0.15) is 0 Å². The number of halogens is 2. The maximum Gasteiger partial charge on any atom is 0.255 e. The van der Waals surface area contributed by atoms with Crippen LogP contribution < -0.4 is 5.32 Å². The number of hydrogen-bond acceptors (Lipinski definition) is 4. The summed E-state index contributed by atoms with van der Waals surface area (Å²) >= 11 is 0. The monoisotopic (exact) mass is 266 g/mol. The molecule has 0 saturated heterocycles. The van der Waals surface area contributed by atoms with Crippen LogP contribution in [0, 0.1) is 11.9 Å². The van der Waals surface area contributed by atoms with Crippen LogP contribution in [0.15, 0.2) is 30.3 Å². The number of aromatic hydroxyl groups is 2. The predicted octanol–water partition coefficient (Wildman–Crippen LogP) is 2.02. The van der Waals surface area contributed by atoms with E-state index >= 15 is 0 Å². The highest BCUT2D eigenvalue weighted by Gasteiger charge is 2.12. The van der Waals surface area contributed by atoms with Gasteiger partial charge in [-0.2, -0.15) is 13.8 Å². The number of carbonyl (C=O) groups is 1. The van der Waals surface area contributed by atoms with Crippen LogP contribution in [0.1, 0.15) is 10.4 Å². The summed E-state index contributed by atoms with van der Waals surface area (Å²) in [6, 6.07) is 5.28. The normalized spacial score (nSPS) is 10.2. The molecule has 0 aliphatic rings. The molecule has 0 spiro atoms.